The molecule has 2 aliphatic heterocycles. The van der Waals surface area contributed by atoms with Gasteiger partial charge in [-0.05, 0) is 64.2 Å². The van der Waals surface area contributed by atoms with E-state index in [2.05, 4.69) is 50.3 Å². The first-order valence-corrected chi connectivity index (χ1v) is 27.6. The lowest BCUT2D eigenvalue weighted by atomic mass is 9.98. The molecule has 2 aliphatic rings. The van der Waals surface area contributed by atoms with Gasteiger partial charge in [0.2, 0.25) is 0 Å². The number of carbonyl (C=O) groups is 1. The molecule has 69 heavy (non-hydrogen) atoms. The third-order valence-corrected chi connectivity index (χ3v) is 13.1. The van der Waals surface area contributed by atoms with Crippen LogP contribution in [0, 0.1) is 0 Å². The van der Waals surface area contributed by atoms with Crippen LogP contribution >= 0.6 is 0 Å². The fourth-order valence-corrected chi connectivity index (χ4v) is 8.59. The molecule has 11 atom stereocenters. The monoisotopic (exact) mass is 985 g/mol. The number of carbonyl (C=O) groups excluding carboxylic acids is 1. The normalized spacial score (nSPS) is 25.9. The third kappa shape index (κ3) is 30.1. The number of allylic oxidation sites excluding steroid dienone is 6. The van der Waals surface area contributed by atoms with E-state index in [1.807, 2.05) is 0 Å². The average molecular weight is 985 g/mol. The van der Waals surface area contributed by atoms with E-state index in [-0.39, 0.29) is 25.6 Å². The Bertz CT molecular complexity index is 1280. The Kier molecular flexibility index (Phi) is 39.2. The summed E-state index contributed by atoms with van der Waals surface area (Å²) < 4.78 is 34.3. The van der Waals surface area contributed by atoms with Gasteiger partial charge in [-0.15, -0.1) is 0 Å². The van der Waals surface area contributed by atoms with Gasteiger partial charge in [-0.25, -0.2) is 0 Å². The average Bonchev–Trinajstić information content (AvgIpc) is 3.35. The largest absolute Gasteiger partial charge is 0.457 e. The van der Waals surface area contributed by atoms with E-state index in [9.17, 15) is 40.5 Å². The first-order chi connectivity index (χ1) is 33.6. The van der Waals surface area contributed by atoms with Crippen molar-refractivity contribution in [2.75, 3.05) is 33.0 Å². The van der Waals surface area contributed by atoms with Crippen LogP contribution in [0.25, 0.3) is 0 Å². The van der Waals surface area contributed by atoms with E-state index in [1.54, 1.807) is 0 Å². The standard InChI is InChI=1S/C55H100O14/c1-3-5-7-9-11-13-15-17-18-19-20-21-22-23-24-25-26-27-28-30-32-34-36-38-47(57)67-44(41-64-39-37-35-33-31-29-16-14-12-10-8-6-4-2)42-65-54-53(63)51(61)49(59)46(69-54)43-66-55-52(62)50(60)48(58)45(40-56)68-55/h10,12,15,17,19-20,44-46,48-56,58-63H,3-9,11,13-14,16,18,21-43H2,1-2H3/b12-10-,17-15-,20-19-. The topological polar surface area (TPSA) is 214 Å². The van der Waals surface area contributed by atoms with E-state index >= 15 is 0 Å². The molecule has 14 heteroatoms. The lowest BCUT2D eigenvalue weighted by molar-refractivity contribution is -0.332. The number of hydrogen-bond donors (Lipinski definition) is 7. The van der Waals surface area contributed by atoms with Crippen molar-refractivity contribution in [1.29, 1.82) is 0 Å². The Morgan fingerprint density at radius 1 is 0.478 bits per heavy atom. The summed E-state index contributed by atoms with van der Waals surface area (Å²) >= 11 is 0. The minimum Gasteiger partial charge on any atom is -0.457 e. The molecule has 0 bridgehead atoms. The molecule has 0 aromatic carbocycles. The molecule has 0 saturated carbocycles. The van der Waals surface area contributed by atoms with Gasteiger partial charge in [-0.2, -0.15) is 0 Å². The highest BCUT2D eigenvalue weighted by Gasteiger charge is 2.47. The lowest BCUT2D eigenvalue weighted by Crippen LogP contribution is -2.61. The van der Waals surface area contributed by atoms with Gasteiger partial charge in [-0.3, -0.25) is 4.79 Å². The van der Waals surface area contributed by atoms with E-state index in [1.165, 1.54) is 122 Å². The molecular formula is C55H100O14. The predicted octanol–water partition coefficient (Wildman–Crippen LogP) is 8.97. The van der Waals surface area contributed by atoms with Crippen molar-refractivity contribution in [1.82, 2.24) is 0 Å². The molecule has 0 radical (unpaired) electrons. The smallest absolute Gasteiger partial charge is 0.306 e. The van der Waals surface area contributed by atoms with E-state index < -0.39 is 80.7 Å². The van der Waals surface area contributed by atoms with Gasteiger partial charge in [0.05, 0.1) is 26.4 Å². The molecule has 14 nitrogen and oxygen atoms in total. The number of aliphatic hydroxyl groups is 7. The van der Waals surface area contributed by atoms with Crippen LogP contribution in [-0.2, 0) is 33.2 Å². The van der Waals surface area contributed by atoms with Crippen molar-refractivity contribution in [2.45, 2.75) is 274 Å². The molecule has 404 valence electrons. The van der Waals surface area contributed by atoms with Crippen LogP contribution in [0.3, 0.4) is 0 Å². The molecule has 0 spiro atoms. The van der Waals surface area contributed by atoms with Crippen LogP contribution in [-0.4, -0.2) is 142 Å². The summed E-state index contributed by atoms with van der Waals surface area (Å²) in [6, 6.07) is 0. The van der Waals surface area contributed by atoms with Crippen LogP contribution in [0.4, 0.5) is 0 Å². The van der Waals surface area contributed by atoms with Crippen molar-refractivity contribution in [3.05, 3.63) is 36.5 Å². The van der Waals surface area contributed by atoms with Crippen molar-refractivity contribution in [3.63, 3.8) is 0 Å². The van der Waals surface area contributed by atoms with Gasteiger partial charge in [0, 0.05) is 13.0 Å². The third-order valence-electron chi connectivity index (χ3n) is 13.1. The van der Waals surface area contributed by atoms with Gasteiger partial charge in [0.15, 0.2) is 12.6 Å². The SMILES string of the molecule is CCCC/C=C\CCCCCCCCOCC(COC1OC(COC2OC(CO)C(O)C(O)C2O)C(O)C(O)C1O)OC(=O)CCCCCCCCCCCCC/C=C\C/C=C\CCCCCCC. The van der Waals surface area contributed by atoms with Crippen LogP contribution in [0.1, 0.15) is 206 Å². The maximum Gasteiger partial charge on any atom is 0.306 e. The minimum absolute atomic E-state index is 0.0576. The Labute approximate surface area is 417 Å². The van der Waals surface area contributed by atoms with Crippen molar-refractivity contribution in [3.8, 4) is 0 Å². The maximum absolute atomic E-state index is 13.0. The van der Waals surface area contributed by atoms with Crippen molar-refractivity contribution in [2.24, 2.45) is 0 Å². The van der Waals surface area contributed by atoms with Crippen LogP contribution in [0.15, 0.2) is 36.5 Å². The van der Waals surface area contributed by atoms with E-state index in [0.717, 1.165) is 57.8 Å². The second kappa shape index (κ2) is 42.7. The molecule has 7 N–H and O–H groups in total. The molecule has 2 saturated heterocycles. The molecule has 0 amide bonds. The fourth-order valence-electron chi connectivity index (χ4n) is 8.59. The van der Waals surface area contributed by atoms with Crippen LogP contribution < -0.4 is 0 Å². The lowest BCUT2D eigenvalue weighted by Gasteiger charge is -2.42. The number of esters is 1. The van der Waals surface area contributed by atoms with Gasteiger partial charge in [-0.1, -0.05) is 172 Å². The highest BCUT2D eigenvalue weighted by Crippen LogP contribution is 2.26. The van der Waals surface area contributed by atoms with Gasteiger partial charge < -0.3 is 64.2 Å². The number of hydrogen-bond acceptors (Lipinski definition) is 14. The van der Waals surface area contributed by atoms with Crippen molar-refractivity contribution < 1.29 is 69.0 Å². The van der Waals surface area contributed by atoms with Gasteiger partial charge in [0.25, 0.3) is 0 Å². The summed E-state index contributed by atoms with van der Waals surface area (Å²) in [6.07, 6.45) is 32.1. The summed E-state index contributed by atoms with van der Waals surface area (Å²) in [4.78, 5) is 13.0. The van der Waals surface area contributed by atoms with Gasteiger partial charge in [0.1, 0.15) is 54.9 Å². The summed E-state index contributed by atoms with van der Waals surface area (Å²) in [5, 5.41) is 72.2. The molecule has 2 rings (SSSR count). The number of aliphatic hydroxyl groups excluding tert-OH is 7. The highest BCUT2D eigenvalue weighted by atomic mass is 16.7. The molecule has 0 aromatic rings. The van der Waals surface area contributed by atoms with Crippen molar-refractivity contribution >= 4 is 5.97 Å². The Hall–Kier alpha value is -1.79. The minimum atomic E-state index is -1.71. The van der Waals surface area contributed by atoms with Crippen LogP contribution in [0.2, 0.25) is 0 Å². The second-order valence-corrected chi connectivity index (χ2v) is 19.4. The Morgan fingerprint density at radius 2 is 0.913 bits per heavy atom. The molecule has 2 fully saturated rings. The zero-order valence-corrected chi connectivity index (χ0v) is 43.1. The zero-order chi connectivity index (χ0) is 50.2. The molecule has 0 aromatic heterocycles. The highest BCUT2D eigenvalue weighted by molar-refractivity contribution is 5.69. The van der Waals surface area contributed by atoms with E-state index in [0.29, 0.717) is 13.0 Å². The van der Waals surface area contributed by atoms with Crippen LogP contribution in [0.5, 0.6) is 0 Å². The molecule has 2 heterocycles. The summed E-state index contributed by atoms with van der Waals surface area (Å²) in [5.41, 5.74) is 0. The first kappa shape index (κ1) is 63.3. The van der Waals surface area contributed by atoms with Gasteiger partial charge >= 0.3 is 5.97 Å². The fraction of sp³-hybridized carbons (Fsp3) is 0.873. The Balaban J connectivity index is 1.70. The number of ether oxygens (including phenoxy) is 6. The van der Waals surface area contributed by atoms with E-state index in [4.69, 9.17) is 28.4 Å². The number of unbranched alkanes of at least 4 members (excludes halogenated alkanes) is 24. The molecule has 0 aliphatic carbocycles. The first-order valence-electron chi connectivity index (χ1n) is 27.6. The number of rotatable bonds is 44. The molecular weight excluding hydrogens is 885 g/mol. The molecule has 11 unspecified atom stereocenters. The predicted molar refractivity (Wildman–Crippen MR) is 270 cm³/mol. The zero-order valence-electron chi connectivity index (χ0n) is 43.1. The summed E-state index contributed by atoms with van der Waals surface area (Å²) in [7, 11) is 0. The maximum atomic E-state index is 13.0. The Morgan fingerprint density at radius 3 is 1.45 bits per heavy atom. The summed E-state index contributed by atoms with van der Waals surface area (Å²) in [5.74, 6) is -0.380. The summed E-state index contributed by atoms with van der Waals surface area (Å²) in [6.45, 7) is 3.64. The second-order valence-electron chi connectivity index (χ2n) is 19.4. The quantitative estimate of drug-likeness (QED) is 0.0173.